The van der Waals surface area contributed by atoms with E-state index in [2.05, 4.69) is 48.7 Å². The van der Waals surface area contributed by atoms with E-state index in [9.17, 15) is 14.9 Å². The quantitative estimate of drug-likeness (QED) is 0.161. The van der Waals surface area contributed by atoms with E-state index < -0.39 is 0 Å². The Morgan fingerprint density at radius 2 is 1.89 bits per heavy atom. The third-order valence-corrected chi connectivity index (χ3v) is 7.48. The summed E-state index contributed by atoms with van der Waals surface area (Å²) >= 11 is 0. The second-order valence-electron chi connectivity index (χ2n) is 10.9. The van der Waals surface area contributed by atoms with Gasteiger partial charge >= 0.3 is 6.03 Å². The van der Waals surface area contributed by atoms with Crippen molar-refractivity contribution in [1.29, 1.82) is 5.26 Å². The van der Waals surface area contributed by atoms with Gasteiger partial charge in [-0.05, 0) is 49.1 Å². The summed E-state index contributed by atoms with van der Waals surface area (Å²) in [5, 5.41) is 20.3. The summed E-state index contributed by atoms with van der Waals surface area (Å²) in [5.41, 5.74) is 3.32. The maximum absolute atomic E-state index is 13.5. The highest BCUT2D eigenvalue weighted by Crippen LogP contribution is 2.23. The van der Waals surface area contributed by atoms with Crippen LogP contribution in [0.15, 0.2) is 90.4 Å². The molecule has 12 heteroatoms. The first-order chi connectivity index (χ1) is 22.4. The number of hydrogen-bond donors (Lipinski definition) is 3. The molecule has 5 aromatic rings. The Bertz CT molecular complexity index is 1840. The van der Waals surface area contributed by atoms with Gasteiger partial charge in [-0.3, -0.25) is 14.4 Å². The molecule has 0 aliphatic heterocycles. The van der Waals surface area contributed by atoms with Gasteiger partial charge in [0.25, 0.3) is 5.56 Å². The molecule has 0 bridgehead atoms. The average molecular weight is 617 g/mol. The van der Waals surface area contributed by atoms with E-state index in [0.717, 1.165) is 29.5 Å². The molecular formula is C34H36N10O2. The van der Waals surface area contributed by atoms with Crippen molar-refractivity contribution in [2.45, 2.75) is 45.2 Å². The number of hydrogen-bond acceptors (Lipinski definition) is 8. The first-order valence-corrected chi connectivity index (χ1v) is 15.2. The summed E-state index contributed by atoms with van der Waals surface area (Å²) in [6.07, 6.45) is 11.5. The van der Waals surface area contributed by atoms with Crippen molar-refractivity contribution in [3.05, 3.63) is 107 Å². The molecule has 0 saturated carbocycles. The molecule has 46 heavy (non-hydrogen) atoms. The van der Waals surface area contributed by atoms with E-state index in [1.807, 2.05) is 55.7 Å². The van der Waals surface area contributed by atoms with Crippen molar-refractivity contribution in [2.24, 2.45) is 7.05 Å². The number of H-pyrrole nitrogens is 1. The molecule has 0 saturated heterocycles. The maximum Gasteiger partial charge on any atom is 0.323 e. The molecule has 1 atom stereocenters. The summed E-state index contributed by atoms with van der Waals surface area (Å²) in [5.74, 6) is 0.882. The van der Waals surface area contributed by atoms with Gasteiger partial charge in [0.2, 0.25) is 5.95 Å². The molecule has 1 unspecified atom stereocenters. The number of aromatic amines is 1. The van der Waals surface area contributed by atoms with Gasteiger partial charge in [-0.2, -0.15) is 10.4 Å². The first kappa shape index (κ1) is 31.6. The number of anilines is 2. The summed E-state index contributed by atoms with van der Waals surface area (Å²) in [7, 11) is 1.86. The fraction of sp³-hybridized carbons (Fsp3) is 0.265. The highest BCUT2D eigenvalue weighted by Gasteiger charge is 2.19. The SMILES string of the molecule is CCCC(CCCN(C(=O)NCc1ccccc1)c1ccc(-c2cnn(C)c2)cn1)Nc1ncc(C#N)c(-c2ccc[nH]c2=O)n1. The van der Waals surface area contributed by atoms with Crippen LogP contribution in [0.25, 0.3) is 22.4 Å². The maximum atomic E-state index is 13.5. The van der Waals surface area contributed by atoms with Gasteiger partial charge in [0, 0.05) is 55.9 Å². The van der Waals surface area contributed by atoms with E-state index in [-0.39, 0.29) is 28.9 Å². The van der Waals surface area contributed by atoms with E-state index in [4.69, 9.17) is 0 Å². The van der Waals surface area contributed by atoms with Crippen molar-refractivity contribution in [2.75, 3.05) is 16.8 Å². The molecule has 4 aromatic heterocycles. The van der Waals surface area contributed by atoms with Crippen molar-refractivity contribution >= 4 is 17.8 Å². The molecule has 0 fully saturated rings. The monoisotopic (exact) mass is 616 g/mol. The van der Waals surface area contributed by atoms with Crippen molar-refractivity contribution < 1.29 is 4.79 Å². The lowest BCUT2D eigenvalue weighted by atomic mass is 10.1. The standard InChI is InChI=1S/C34H36N10O2/c1-3-9-28(41-33-38-21-26(18-35)31(42-33)29-13-7-16-36-32(29)45)12-8-17-44(34(46)39-19-24-10-5-4-6-11-24)30-15-14-25(20-37-30)27-22-40-43(2)23-27/h4-7,10-11,13-16,20-23,28H,3,8-9,12,17,19H2,1-2H3,(H,36,45)(H,39,46)(H,38,41,42). The molecule has 5 rings (SSSR count). The Balaban J connectivity index is 1.30. The van der Waals surface area contributed by atoms with Gasteiger partial charge in [-0.1, -0.05) is 43.7 Å². The Kier molecular flexibility index (Phi) is 10.5. The Labute approximate surface area is 267 Å². The average Bonchev–Trinajstić information content (AvgIpc) is 3.52. The van der Waals surface area contributed by atoms with Crippen LogP contribution in [0.1, 0.15) is 43.7 Å². The van der Waals surface area contributed by atoms with E-state index in [1.54, 1.807) is 34.1 Å². The van der Waals surface area contributed by atoms with Gasteiger partial charge in [0.15, 0.2) is 0 Å². The van der Waals surface area contributed by atoms with Crippen LogP contribution in [0.5, 0.6) is 0 Å². The molecular weight excluding hydrogens is 580 g/mol. The van der Waals surface area contributed by atoms with Gasteiger partial charge < -0.3 is 15.6 Å². The van der Waals surface area contributed by atoms with E-state index >= 15 is 0 Å². The lowest BCUT2D eigenvalue weighted by molar-refractivity contribution is 0.245. The fourth-order valence-electron chi connectivity index (χ4n) is 5.14. The number of carbonyl (C=O) groups excluding carboxylic acids is 1. The second kappa shape index (κ2) is 15.3. The number of urea groups is 1. The molecule has 1 aromatic carbocycles. The largest absolute Gasteiger partial charge is 0.351 e. The van der Waals surface area contributed by atoms with Gasteiger partial charge in [0.1, 0.15) is 11.9 Å². The predicted molar refractivity (Wildman–Crippen MR) is 177 cm³/mol. The summed E-state index contributed by atoms with van der Waals surface area (Å²) in [6, 6.07) is 18.7. The fourth-order valence-corrected chi connectivity index (χ4v) is 5.14. The number of carbonyl (C=O) groups is 1. The number of nitrogens with zero attached hydrogens (tertiary/aromatic N) is 7. The van der Waals surface area contributed by atoms with Gasteiger partial charge in [-0.25, -0.2) is 19.7 Å². The third-order valence-electron chi connectivity index (χ3n) is 7.48. The minimum atomic E-state index is -0.332. The summed E-state index contributed by atoms with van der Waals surface area (Å²) < 4.78 is 1.73. The van der Waals surface area contributed by atoms with Crippen LogP contribution in [-0.4, -0.2) is 48.3 Å². The van der Waals surface area contributed by atoms with Crippen LogP contribution in [0.4, 0.5) is 16.6 Å². The van der Waals surface area contributed by atoms with Gasteiger partial charge in [0.05, 0.1) is 29.2 Å². The minimum Gasteiger partial charge on any atom is -0.351 e. The number of nitrogens with one attached hydrogen (secondary N) is 3. The molecule has 3 N–H and O–H groups in total. The molecule has 4 heterocycles. The number of benzene rings is 1. The zero-order valence-corrected chi connectivity index (χ0v) is 25.8. The Morgan fingerprint density at radius 1 is 1.04 bits per heavy atom. The smallest absolute Gasteiger partial charge is 0.323 e. The lowest BCUT2D eigenvalue weighted by Gasteiger charge is -2.24. The normalized spacial score (nSPS) is 11.4. The van der Waals surface area contributed by atoms with Crippen molar-refractivity contribution in [1.82, 2.24) is 35.0 Å². The topological polar surface area (TPSA) is 158 Å². The number of aryl methyl sites for hydroxylation is 1. The highest BCUT2D eigenvalue weighted by atomic mass is 16.2. The van der Waals surface area contributed by atoms with Crippen LogP contribution < -0.4 is 21.1 Å². The first-order valence-electron chi connectivity index (χ1n) is 15.2. The van der Waals surface area contributed by atoms with Crippen LogP contribution >= 0.6 is 0 Å². The van der Waals surface area contributed by atoms with Crippen molar-refractivity contribution in [3.63, 3.8) is 0 Å². The molecule has 2 amide bonds. The van der Waals surface area contributed by atoms with E-state index in [1.165, 1.54) is 12.4 Å². The van der Waals surface area contributed by atoms with Crippen molar-refractivity contribution in [3.8, 4) is 28.5 Å². The number of pyridine rings is 2. The predicted octanol–water partition coefficient (Wildman–Crippen LogP) is 5.28. The molecule has 0 aliphatic rings. The van der Waals surface area contributed by atoms with Gasteiger partial charge in [-0.15, -0.1) is 0 Å². The zero-order chi connectivity index (χ0) is 32.3. The molecule has 0 spiro atoms. The van der Waals surface area contributed by atoms with E-state index in [0.29, 0.717) is 43.3 Å². The Morgan fingerprint density at radius 3 is 2.59 bits per heavy atom. The van der Waals surface area contributed by atoms with Crippen LogP contribution in [0.3, 0.4) is 0 Å². The number of nitriles is 1. The summed E-state index contributed by atoms with van der Waals surface area (Å²) in [6.45, 7) is 2.92. The molecule has 234 valence electrons. The minimum absolute atomic E-state index is 0.00464. The summed E-state index contributed by atoms with van der Waals surface area (Å²) in [4.78, 5) is 43.8. The molecule has 0 radical (unpaired) electrons. The number of rotatable bonds is 13. The van der Waals surface area contributed by atoms with Crippen LogP contribution in [0.2, 0.25) is 0 Å². The Hall–Kier alpha value is -5.83. The van der Waals surface area contributed by atoms with Crippen LogP contribution in [0, 0.1) is 11.3 Å². The molecule has 12 nitrogen and oxygen atoms in total. The highest BCUT2D eigenvalue weighted by molar-refractivity contribution is 5.91. The molecule has 0 aliphatic carbocycles. The third kappa shape index (κ3) is 8.00. The zero-order valence-electron chi connectivity index (χ0n) is 25.8. The second-order valence-corrected chi connectivity index (χ2v) is 10.9. The lowest BCUT2D eigenvalue weighted by Crippen LogP contribution is -2.41. The number of aromatic nitrogens is 6. The number of amides is 2. The van der Waals surface area contributed by atoms with Crippen LogP contribution in [-0.2, 0) is 13.6 Å².